The molecular weight excluding hydrogens is 434 g/mol. The van der Waals surface area contributed by atoms with Gasteiger partial charge in [0.15, 0.2) is 0 Å². The molecule has 0 radical (unpaired) electrons. The van der Waals surface area contributed by atoms with Crippen LogP contribution in [0.5, 0.6) is 11.5 Å². The average molecular weight is 452 g/mol. The van der Waals surface area contributed by atoms with Gasteiger partial charge in [0.05, 0.1) is 25.3 Å². The molecule has 0 saturated carbocycles. The number of imidazole rings is 1. The molecule has 0 aliphatic carbocycles. The van der Waals surface area contributed by atoms with E-state index in [9.17, 15) is 4.79 Å². The Morgan fingerprint density at radius 3 is 2.41 bits per heavy atom. The van der Waals surface area contributed by atoms with Gasteiger partial charge < -0.3 is 19.8 Å². The van der Waals surface area contributed by atoms with Crippen molar-refractivity contribution in [1.29, 1.82) is 0 Å². The molecule has 29 heavy (non-hydrogen) atoms. The third kappa shape index (κ3) is 3.82. The predicted molar refractivity (Wildman–Crippen MR) is 117 cm³/mol. The number of aromatic amines is 1. The molecule has 0 aliphatic heterocycles. The first kappa shape index (κ1) is 19.0. The highest BCUT2D eigenvalue weighted by Crippen LogP contribution is 2.36. The zero-order chi connectivity index (χ0) is 20.4. The largest absolute Gasteiger partial charge is 0.495 e. The molecule has 1 aromatic heterocycles. The van der Waals surface area contributed by atoms with Crippen molar-refractivity contribution in [1.82, 2.24) is 9.97 Å². The third-order valence-electron chi connectivity index (χ3n) is 4.49. The quantitative estimate of drug-likeness (QED) is 0.433. The van der Waals surface area contributed by atoms with Gasteiger partial charge in [0.25, 0.3) is 5.91 Å². The number of benzene rings is 3. The minimum Gasteiger partial charge on any atom is -0.495 e. The van der Waals surface area contributed by atoms with E-state index in [1.54, 1.807) is 12.1 Å². The highest BCUT2D eigenvalue weighted by molar-refractivity contribution is 9.10. The molecule has 3 aromatic carbocycles. The second-order valence-corrected chi connectivity index (χ2v) is 7.13. The molecule has 0 aliphatic rings. The summed E-state index contributed by atoms with van der Waals surface area (Å²) >= 11 is 3.41. The number of hydrogen-bond donors (Lipinski definition) is 2. The van der Waals surface area contributed by atoms with Gasteiger partial charge in [0, 0.05) is 16.8 Å². The maximum atomic E-state index is 12.8. The highest BCUT2D eigenvalue weighted by Gasteiger charge is 2.15. The fraction of sp³-hybridized carbons (Fsp3) is 0.0909. The molecule has 1 heterocycles. The van der Waals surface area contributed by atoms with Crippen molar-refractivity contribution in [2.24, 2.45) is 0 Å². The van der Waals surface area contributed by atoms with Crippen LogP contribution in [-0.2, 0) is 0 Å². The lowest BCUT2D eigenvalue weighted by atomic mass is 10.1. The summed E-state index contributed by atoms with van der Waals surface area (Å²) in [6, 6.07) is 18.7. The molecule has 0 saturated heterocycles. The number of fused-ring (bicyclic) bond motifs is 1. The van der Waals surface area contributed by atoms with E-state index in [4.69, 9.17) is 9.47 Å². The van der Waals surface area contributed by atoms with Crippen molar-refractivity contribution >= 4 is 38.6 Å². The molecule has 0 spiro atoms. The minimum absolute atomic E-state index is 0.268. The summed E-state index contributed by atoms with van der Waals surface area (Å²) in [4.78, 5) is 20.7. The van der Waals surface area contributed by atoms with Crippen molar-refractivity contribution in [2.75, 3.05) is 19.5 Å². The van der Waals surface area contributed by atoms with Crippen LogP contribution in [-0.4, -0.2) is 30.1 Å². The standard InChI is InChI=1S/C22H18BrN3O3/c1-28-18-11-14(12-19(29-2)20(18)23)22(27)24-15-7-5-6-13(10-15)21-25-16-8-3-4-9-17(16)26-21/h3-12H,1-2H3,(H,24,27)(H,25,26). The number of halogens is 1. The van der Waals surface area contributed by atoms with Crippen LogP contribution < -0.4 is 14.8 Å². The maximum Gasteiger partial charge on any atom is 0.255 e. The number of carbonyl (C=O) groups is 1. The minimum atomic E-state index is -0.268. The third-order valence-corrected chi connectivity index (χ3v) is 5.27. The molecule has 0 bridgehead atoms. The van der Waals surface area contributed by atoms with E-state index < -0.39 is 0 Å². The van der Waals surface area contributed by atoms with Gasteiger partial charge in [-0.15, -0.1) is 0 Å². The number of nitrogens with zero attached hydrogens (tertiary/aromatic N) is 1. The van der Waals surface area contributed by atoms with Crippen LogP contribution in [0, 0.1) is 0 Å². The number of hydrogen-bond acceptors (Lipinski definition) is 4. The van der Waals surface area contributed by atoms with Crippen molar-refractivity contribution in [3.63, 3.8) is 0 Å². The number of amides is 1. The molecule has 0 fully saturated rings. The average Bonchev–Trinajstić information content (AvgIpc) is 3.18. The highest BCUT2D eigenvalue weighted by atomic mass is 79.9. The molecular formula is C22H18BrN3O3. The second kappa shape index (κ2) is 7.97. The monoisotopic (exact) mass is 451 g/mol. The lowest BCUT2D eigenvalue weighted by Crippen LogP contribution is -2.12. The summed E-state index contributed by atoms with van der Waals surface area (Å²) in [5.41, 5.74) is 3.83. The smallest absolute Gasteiger partial charge is 0.255 e. The first-order valence-corrected chi connectivity index (χ1v) is 9.66. The van der Waals surface area contributed by atoms with Gasteiger partial charge in [-0.25, -0.2) is 4.98 Å². The van der Waals surface area contributed by atoms with Crippen molar-refractivity contribution in [2.45, 2.75) is 0 Å². The molecule has 1 amide bonds. The Balaban J connectivity index is 1.62. The molecule has 0 atom stereocenters. The van der Waals surface area contributed by atoms with E-state index >= 15 is 0 Å². The van der Waals surface area contributed by atoms with E-state index in [1.165, 1.54) is 14.2 Å². The Kier molecular flexibility index (Phi) is 5.22. The molecule has 4 aromatic rings. The van der Waals surface area contributed by atoms with Crippen molar-refractivity contribution in [3.8, 4) is 22.9 Å². The summed E-state index contributed by atoms with van der Waals surface area (Å²) in [5, 5.41) is 2.92. The fourth-order valence-electron chi connectivity index (χ4n) is 3.04. The summed E-state index contributed by atoms with van der Waals surface area (Å²) < 4.78 is 11.3. The molecule has 0 unspecified atom stereocenters. The van der Waals surface area contributed by atoms with Crippen LogP contribution in [0.3, 0.4) is 0 Å². The zero-order valence-electron chi connectivity index (χ0n) is 15.8. The number of anilines is 1. The Morgan fingerprint density at radius 2 is 1.72 bits per heavy atom. The van der Waals surface area contributed by atoms with Gasteiger partial charge in [-0.1, -0.05) is 24.3 Å². The van der Waals surface area contributed by atoms with Crippen LogP contribution in [0.15, 0.2) is 65.1 Å². The Hall–Kier alpha value is -3.32. The Bertz CT molecular complexity index is 1140. The number of aromatic nitrogens is 2. The van der Waals surface area contributed by atoms with E-state index in [0.29, 0.717) is 27.2 Å². The van der Waals surface area contributed by atoms with Crippen molar-refractivity contribution in [3.05, 3.63) is 70.7 Å². The molecule has 6 nitrogen and oxygen atoms in total. The van der Waals surface area contributed by atoms with Crippen LogP contribution in [0.1, 0.15) is 10.4 Å². The number of carbonyl (C=O) groups excluding carboxylic acids is 1. The lowest BCUT2D eigenvalue weighted by molar-refractivity contribution is 0.102. The number of rotatable bonds is 5. The number of para-hydroxylation sites is 2. The summed E-state index contributed by atoms with van der Waals surface area (Å²) in [6.07, 6.45) is 0. The lowest BCUT2D eigenvalue weighted by Gasteiger charge is -2.12. The Labute approximate surface area is 176 Å². The number of methoxy groups -OCH3 is 2. The zero-order valence-corrected chi connectivity index (χ0v) is 17.4. The van der Waals surface area contributed by atoms with Gasteiger partial charge in [-0.05, 0) is 52.3 Å². The topological polar surface area (TPSA) is 76.2 Å². The van der Waals surface area contributed by atoms with Gasteiger partial charge in [-0.3, -0.25) is 4.79 Å². The fourth-order valence-corrected chi connectivity index (χ4v) is 3.59. The Morgan fingerprint density at radius 1 is 1.00 bits per heavy atom. The van der Waals surface area contributed by atoms with Crippen LogP contribution >= 0.6 is 15.9 Å². The van der Waals surface area contributed by atoms with Crippen molar-refractivity contribution < 1.29 is 14.3 Å². The first-order valence-electron chi connectivity index (χ1n) is 8.87. The molecule has 2 N–H and O–H groups in total. The van der Waals surface area contributed by atoms with E-state index in [0.717, 1.165) is 22.4 Å². The maximum absolute atomic E-state index is 12.8. The van der Waals surface area contributed by atoms with Crippen LogP contribution in [0.4, 0.5) is 5.69 Å². The molecule has 4 rings (SSSR count). The summed E-state index contributed by atoms with van der Waals surface area (Å²) in [5.74, 6) is 1.51. The summed E-state index contributed by atoms with van der Waals surface area (Å²) in [7, 11) is 3.08. The molecule has 146 valence electrons. The van der Waals surface area contributed by atoms with E-state index in [1.807, 2.05) is 48.5 Å². The SMILES string of the molecule is COc1cc(C(=O)Nc2cccc(-c3nc4ccccc4[nH]3)c2)cc(OC)c1Br. The van der Waals surface area contributed by atoms with Gasteiger partial charge >= 0.3 is 0 Å². The number of nitrogens with one attached hydrogen (secondary N) is 2. The number of H-pyrrole nitrogens is 1. The first-order chi connectivity index (χ1) is 14.1. The predicted octanol–water partition coefficient (Wildman–Crippen LogP) is 5.26. The normalized spacial score (nSPS) is 10.7. The van der Waals surface area contributed by atoms with Gasteiger partial charge in [0.1, 0.15) is 21.8 Å². The van der Waals surface area contributed by atoms with Gasteiger partial charge in [0.2, 0.25) is 0 Å². The summed E-state index contributed by atoms with van der Waals surface area (Å²) in [6.45, 7) is 0. The van der Waals surface area contributed by atoms with E-state index in [2.05, 4.69) is 31.2 Å². The van der Waals surface area contributed by atoms with Crippen LogP contribution in [0.2, 0.25) is 0 Å². The number of ether oxygens (including phenoxy) is 2. The second-order valence-electron chi connectivity index (χ2n) is 6.33. The molecule has 7 heteroatoms. The van der Waals surface area contributed by atoms with Crippen LogP contribution in [0.25, 0.3) is 22.4 Å². The van der Waals surface area contributed by atoms with Gasteiger partial charge in [-0.2, -0.15) is 0 Å². The van der Waals surface area contributed by atoms with E-state index in [-0.39, 0.29) is 5.91 Å².